The van der Waals surface area contributed by atoms with Crippen molar-refractivity contribution in [3.63, 3.8) is 0 Å². The molecule has 2 aliphatic heterocycles. The van der Waals surface area contributed by atoms with E-state index in [0.29, 0.717) is 0 Å². The van der Waals surface area contributed by atoms with Crippen LogP contribution in [0.1, 0.15) is 35.1 Å². The second-order valence-corrected chi connectivity index (χ2v) is 7.01. The maximum Gasteiger partial charge on any atom is 0.277 e. The van der Waals surface area contributed by atoms with Gasteiger partial charge in [-0.1, -0.05) is 6.07 Å². The van der Waals surface area contributed by atoms with Crippen molar-refractivity contribution >= 4 is 11.3 Å². The van der Waals surface area contributed by atoms with Crippen molar-refractivity contribution in [1.82, 2.24) is 0 Å². The average Bonchev–Trinajstić information content (AvgIpc) is 3.20. The molecular formula is C18H20O4S. The Kier molecular flexibility index (Phi) is 3.79. The van der Waals surface area contributed by atoms with E-state index in [-0.39, 0.29) is 11.9 Å². The van der Waals surface area contributed by atoms with Crippen molar-refractivity contribution < 1.29 is 18.9 Å². The van der Waals surface area contributed by atoms with E-state index >= 15 is 0 Å². The first-order valence-electron chi connectivity index (χ1n) is 7.86. The lowest BCUT2D eigenvalue weighted by Gasteiger charge is -2.36. The first-order chi connectivity index (χ1) is 11.2. The molecular weight excluding hydrogens is 312 g/mol. The Morgan fingerprint density at radius 2 is 1.91 bits per heavy atom. The van der Waals surface area contributed by atoms with Crippen molar-refractivity contribution in [3.8, 4) is 11.5 Å². The third-order valence-electron chi connectivity index (χ3n) is 4.61. The smallest absolute Gasteiger partial charge is 0.277 e. The molecule has 1 aromatic heterocycles. The fourth-order valence-electron chi connectivity index (χ4n) is 3.24. The molecule has 0 bridgehead atoms. The summed E-state index contributed by atoms with van der Waals surface area (Å²) in [7, 11) is 1.77. The molecule has 3 heterocycles. The predicted octanol–water partition coefficient (Wildman–Crippen LogP) is 4.18. The van der Waals surface area contributed by atoms with Crippen molar-refractivity contribution in [2.24, 2.45) is 0 Å². The Morgan fingerprint density at radius 3 is 2.61 bits per heavy atom. The highest BCUT2D eigenvalue weighted by atomic mass is 32.1. The SMILES string of the molecule is COC1(c2ccc3c(c2)OC(c2cc(C)cs2)O3)CCOCC1. The normalized spacial score (nSPS) is 22.3. The summed E-state index contributed by atoms with van der Waals surface area (Å²) in [5, 5.41) is 2.11. The minimum absolute atomic E-state index is 0.283. The number of rotatable bonds is 3. The lowest BCUT2D eigenvalue weighted by molar-refractivity contribution is -0.0948. The van der Waals surface area contributed by atoms with E-state index in [2.05, 4.69) is 30.5 Å². The van der Waals surface area contributed by atoms with Crippen molar-refractivity contribution in [3.05, 3.63) is 45.6 Å². The third-order valence-corrected chi connectivity index (χ3v) is 5.68. The van der Waals surface area contributed by atoms with Gasteiger partial charge in [-0.2, -0.15) is 0 Å². The zero-order chi connectivity index (χ0) is 15.9. The van der Waals surface area contributed by atoms with Crippen LogP contribution in [0, 0.1) is 6.92 Å². The monoisotopic (exact) mass is 332 g/mol. The topological polar surface area (TPSA) is 36.9 Å². The molecule has 2 aromatic rings. The highest BCUT2D eigenvalue weighted by molar-refractivity contribution is 7.10. The van der Waals surface area contributed by atoms with E-state index in [1.54, 1.807) is 18.4 Å². The van der Waals surface area contributed by atoms with Gasteiger partial charge in [0, 0.05) is 33.2 Å². The summed E-state index contributed by atoms with van der Waals surface area (Å²) < 4.78 is 23.3. The summed E-state index contributed by atoms with van der Waals surface area (Å²) in [5.41, 5.74) is 2.08. The van der Waals surface area contributed by atoms with Crippen LogP contribution in [0.3, 0.4) is 0 Å². The highest BCUT2D eigenvalue weighted by Crippen LogP contribution is 2.45. The maximum atomic E-state index is 6.03. The number of methoxy groups -OCH3 is 1. The number of ether oxygens (including phenoxy) is 4. The minimum Gasteiger partial charge on any atom is -0.446 e. The van der Waals surface area contributed by atoms with Crippen LogP contribution in [0.15, 0.2) is 29.6 Å². The van der Waals surface area contributed by atoms with Gasteiger partial charge in [-0.05, 0) is 41.6 Å². The zero-order valence-electron chi connectivity index (χ0n) is 13.3. The molecule has 0 saturated carbocycles. The molecule has 1 aromatic carbocycles. The van der Waals surface area contributed by atoms with Crippen LogP contribution in [0.2, 0.25) is 0 Å². The van der Waals surface area contributed by atoms with Gasteiger partial charge in [-0.15, -0.1) is 11.3 Å². The number of fused-ring (bicyclic) bond motifs is 1. The van der Waals surface area contributed by atoms with Crippen LogP contribution in [0.25, 0.3) is 0 Å². The first-order valence-corrected chi connectivity index (χ1v) is 8.74. The number of thiophene rings is 1. The van der Waals surface area contributed by atoms with E-state index in [0.717, 1.165) is 48.0 Å². The second kappa shape index (κ2) is 5.82. The van der Waals surface area contributed by atoms with Gasteiger partial charge in [-0.25, -0.2) is 0 Å². The van der Waals surface area contributed by atoms with E-state index in [9.17, 15) is 0 Å². The molecule has 122 valence electrons. The van der Waals surface area contributed by atoms with E-state index in [1.165, 1.54) is 5.56 Å². The fourth-order valence-corrected chi connectivity index (χ4v) is 4.09. The van der Waals surface area contributed by atoms with Gasteiger partial charge in [0.25, 0.3) is 6.29 Å². The summed E-state index contributed by atoms with van der Waals surface area (Å²) in [4.78, 5) is 1.09. The van der Waals surface area contributed by atoms with Crippen LogP contribution in [0.5, 0.6) is 11.5 Å². The van der Waals surface area contributed by atoms with Crippen molar-refractivity contribution in [2.75, 3.05) is 20.3 Å². The van der Waals surface area contributed by atoms with Gasteiger partial charge in [-0.3, -0.25) is 0 Å². The minimum atomic E-state index is -0.341. The molecule has 5 heteroatoms. The number of benzene rings is 1. The molecule has 4 nitrogen and oxygen atoms in total. The van der Waals surface area contributed by atoms with Crippen LogP contribution in [-0.4, -0.2) is 20.3 Å². The number of hydrogen-bond donors (Lipinski definition) is 0. The van der Waals surface area contributed by atoms with Crippen LogP contribution in [-0.2, 0) is 15.1 Å². The summed E-state index contributed by atoms with van der Waals surface area (Å²) in [6.07, 6.45) is 1.38. The summed E-state index contributed by atoms with van der Waals surface area (Å²) in [5.74, 6) is 1.59. The van der Waals surface area contributed by atoms with Crippen LogP contribution in [0.4, 0.5) is 0 Å². The fraction of sp³-hybridized carbons (Fsp3) is 0.444. The molecule has 23 heavy (non-hydrogen) atoms. The summed E-state index contributed by atoms with van der Waals surface area (Å²) in [6.45, 7) is 3.52. The largest absolute Gasteiger partial charge is 0.446 e. The molecule has 0 radical (unpaired) electrons. The standard InChI is InChI=1S/C18H20O4S/c1-12-9-16(23-11-12)17-21-14-4-3-13(10-15(14)22-17)18(19-2)5-7-20-8-6-18/h3-4,9-11,17H,5-8H2,1-2H3. The van der Waals surface area contributed by atoms with Gasteiger partial charge in [0.2, 0.25) is 0 Å². The number of aryl methyl sites for hydroxylation is 1. The third kappa shape index (κ3) is 2.63. The molecule has 2 aliphatic rings. The molecule has 0 N–H and O–H groups in total. The Balaban J connectivity index is 1.61. The Bertz CT molecular complexity index is 703. The quantitative estimate of drug-likeness (QED) is 0.845. The Morgan fingerprint density at radius 1 is 1.13 bits per heavy atom. The van der Waals surface area contributed by atoms with Crippen LogP contribution >= 0.6 is 11.3 Å². The first kappa shape index (κ1) is 15.0. The van der Waals surface area contributed by atoms with Crippen molar-refractivity contribution in [1.29, 1.82) is 0 Å². The summed E-state index contributed by atoms with van der Waals surface area (Å²) >= 11 is 1.66. The molecule has 1 unspecified atom stereocenters. The van der Waals surface area contributed by atoms with Gasteiger partial charge < -0.3 is 18.9 Å². The molecule has 0 amide bonds. The van der Waals surface area contributed by atoms with E-state index in [4.69, 9.17) is 18.9 Å². The molecule has 4 rings (SSSR count). The Hall–Kier alpha value is -1.56. The van der Waals surface area contributed by atoms with Gasteiger partial charge in [0.15, 0.2) is 11.5 Å². The zero-order valence-corrected chi connectivity index (χ0v) is 14.2. The maximum absolute atomic E-state index is 6.03. The average molecular weight is 332 g/mol. The molecule has 0 aliphatic carbocycles. The van der Waals surface area contributed by atoms with Crippen LogP contribution < -0.4 is 9.47 Å². The highest BCUT2D eigenvalue weighted by Gasteiger charge is 2.36. The molecule has 1 saturated heterocycles. The van der Waals surface area contributed by atoms with E-state index < -0.39 is 0 Å². The van der Waals surface area contributed by atoms with Gasteiger partial charge >= 0.3 is 0 Å². The van der Waals surface area contributed by atoms with Gasteiger partial charge in [0.1, 0.15) is 0 Å². The van der Waals surface area contributed by atoms with Crippen molar-refractivity contribution in [2.45, 2.75) is 31.7 Å². The molecule has 1 atom stereocenters. The molecule has 0 spiro atoms. The predicted molar refractivity (Wildman–Crippen MR) is 88.2 cm³/mol. The lowest BCUT2D eigenvalue weighted by Crippen LogP contribution is -2.35. The second-order valence-electron chi connectivity index (χ2n) is 6.07. The van der Waals surface area contributed by atoms with Gasteiger partial charge in [0.05, 0.1) is 10.5 Å². The lowest BCUT2D eigenvalue weighted by atomic mass is 9.86. The molecule has 1 fully saturated rings. The summed E-state index contributed by atoms with van der Waals surface area (Å²) in [6, 6.07) is 8.24. The van der Waals surface area contributed by atoms with E-state index in [1.807, 2.05) is 6.07 Å². The number of hydrogen-bond acceptors (Lipinski definition) is 5. The Labute approximate surface area is 139 Å².